The largest absolute Gasteiger partial charge is 0.337 e. The van der Waals surface area contributed by atoms with Gasteiger partial charge in [0.2, 0.25) is 0 Å². The molecule has 1 unspecified atom stereocenters. The van der Waals surface area contributed by atoms with Crippen LogP contribution in [0.1, 0.15) is 25.4 Å². The topological polar surface area (TPSA) is 17.8 Å². The maximum Gasteiger partial charge on any atom is 0.0945 e. The average molecular weight is 196 g/mol. The third kappa shape index (κ3) is 2.69. The first-order valence-electron chi connectivity index (χ1n) is 5.03. The summed E-state index contributed by atoms with van der Waals surface area (Å²) >= 11 is 0. The number of rotatable bonds is 4. The van der Waals surface area contributed by atoms with E-state index in [9.17, 15) is 0 Å². The van der Waals surface area contributed by atoms with Crippen LogP contribution in [0, 0.1) is 0 Å². The summed E-state index contributed by atoms with van der Waals surface area (Å²) in [4.78, 5) is 4.12. The molecule has 1 aromatic rings. The summed E-state index contributed by atoms with van der Waals surface area (Å²) in [6.07, 6.45) is 8.47. The molecule has 1 aromatic heterocycles. The Balaban J connectivity index is 2.81. The first kappa shape index (κ1) is 10.5. The summed E-state index contributed by atoms with van der Waals surface area (Å²) in [5.74, 6) is 0. The average Bonchev–Trinajstić information content (AvgIpc) is 2.49. The molecule has 0 fully saturated rings. The number of hydrogen-bond acceptors (Lipinski definition) is 1. The molecule has 0 aliphatic heterocycles. The zero-order valence-electron chi connectivity index (χ0n) is 9.12. The number of imidazole rings is 1. The summed E-state index contributed by atoms with van der Waals surface area (Å²) in [5, 5.41) is 0. The van der Waals surface area contributed by atoms with Crippen molar-refractivity contribution in [1.29, 1.82) is 0 Å². The molecule has 1 rings (SSSR count). The monoisotopic (exact) mass is 196 g/mol. The highest BCUT2D eigenvalue weighted by Crippen LogP contribution is 2.25. The normalized spacial score (nSPS) is 14.5. The van der Waals surface area contributed by atoms with Crippen LogP contribution in [0.25, 0.3) is 0 Å². The molecule has 0 amide bonds. The Morgan fingerprint density at radius 1 is 1.38 bits per heavy atom. The van der Waals surface area contributed by atoms with E-state index in [1.807, 2.05) is 12.5 Å². The Morgan fingerprint density at radius 3 is 2.46 bits per heavy atom. The van der Waals surface area contributed by atoms with E-state index in [0.29, 0.717) is 5.67 Å². The van der Waals surface area contributed by atoms with Crippen LogP contribution in [-0.4, -0.2) is 17.6 Å². The molecule has 0 saturated heterocycles. The van der Waals surface area contributed by atoms with Crippen molar-refractivity contribution in [2.45, 2.75) is 45.1 Å². The fourth-order valence-corrected chi connectivity index (χ4v) is 3.96. The van der Waals surface area contributed by atoms with Crippen molar-refractivity contribution >= 4 is 8.07 Å². The van der Waals surface area contributed by atoms with Gasteiger partial charge in [0, 0.05) is 18.1 Å². The van der Waals surface area contributed by atoms with Crippen LogP contribution in [0.4, 0.5) is 0 Å². The van der Waals surface area contributed by atoms with E-state index in [0.717, 1.165) is 0 Å². The molecule has 0 aliphatic rings. The van der Waals surface area contributed by atoms with Crippen molar-refractivity contribution < 1.29 is 0 Å². The number of nitrogens with zero attached hydrogens (tertiary/aromatic N) is 2. The fraction of sp³-hybridized carbons (Fsp3) is 0.700. The third-order valence-corrected chi connectivity index (χ3v) is 5.03. The quantitative estimate of drug-likeness (QED) is 0.677. The lowest BCUT2D eigenvalue weighted by molar-refractivity contribution is 0.580. The molecule has 74 valence electrons. The predicted octanol–water partition coefficient (Wildman–Crippen LogP) is 3.10. The van der Waals surface area contributed by atoms with Crippen molar-refractivity contribution in [2.24, 2.45) is 0 Å². The van der Waals surface area contributed by atoms with Gasteiger partial charge in [-0.1, -0.05) is 33.0 Å². The highest BCUT2D eigenvalue weighted by atomic mass is 28.3. The van der Waals surface area contributed by atoms with Crippen LogP contribution in [0.15, 0.2) is 18.7 Å². The van der Waals surface area contributed by atoms with Crippen molar-refractivity contribution in [3.8, 4) is 0 Å². The van der Waals surface area contributed by atoms with Crippen LogP contribution >= 0.6 is 0 Å². The van der Waals surface area contributed by atoms with Crippen LogP contribution in [0.2, 0.25) is 19.6 Å². The van der Waals surface area contributed by atoms with Crippen LogP contribution < -0.4 is 0 Å². The van der Waals surface area contributed by atoms with Crippen LogP contribution in [-0.2, 0) is 0 Å². The van der Waals surface area contributed by atoms with E-state index >= 15 is 0 Å². The lowest BCUT2D eigenvalue weighted by Gasteiger charge is -2.29. The predicted molar refractivity (Wildman–Crippen MR) is 59.5 cm³/mol. The van der Waals surface area contributed by atoms with Gasteiger partial charge in [-0.2, -0.15) is 0 Å². The van der Waals surface area contributed by atoms with E-state index in [-0.39, 0.29) is 0 Å². The summed E-state index contributed by atoms with van der Waals surface area (Å²) in [6, 6.07) is 0. The standard InChI is InChI=1S/C10H20N2Si/c1-5-6-10(13(2,3)4)12-8-7-11-9-12/h7-10H,5-6H2,1-4H3. The highest BCUT2D eigenvalue weighted by Gasteiger charge is 2.26. The molecule has 0 aliphatic carbocycles. The molecule has 0 aromatic carbocycles. The Labute approximate surface area is 82.0 Å². The van der Waals surface area contributed by atoms with Gasteiger partial charge < -0.3 is 4.57 Å². The van der Waals surface area contributed by atoms with E-state index in [4.69, 9.17) is 0 Å². The fourth-order valence-electron chi connectivity index (χ4n) is 1.76. The minimum absolute atomic E-state index is 0.708. The summed E-state index contributed by atoms with van der Waals surface area (Å²) in [5.41, 5.74) is 0.708. The lowest BCUT2D eigenvalue weighted by Crippen LogP contribution is -2.34. The van der Waals surface area contributed by atoms with Crippen molar-refractivity contribution in [3.05, 3.63) is 18.7 Å². The van der Waals surface area contributed by atoms with E-state index < -0.39 is 8.07 Å². The zero-order chi connectivity index (χ0) is 9.90. The number of hydrogen-bond donors (Lipinski definition) is 0. The summed E-state index contributed by atoms with van der Waals surface area (Å²) in [6.45, 7) is 9.53. The molecule has 1 heterocycles. The summed E-state index contributed by atoms with van der Waals surface area (Å²) < 4.78 is 2.29. The van der Waals surface area contributed by atoms with Gasteiger partial charge in [-0.25, -0.2) is 4.98 Å². The van der Waals surface area contributed by atoms with E-state index in [1.54, 1.807) is 0 Å². The molecule has 3 heteroatoms. The molecule has 13 heavy (non-hydrogen) atoms. The van der Waals surface area contributed by atoms with Crippen LogP contribution in [0.5, 0.6) is 0 Å². The van der Waals surface area contributed by atoms with Gasteiger partial charge >= 0.3 is 0 Å². The van der Waals surface area contributed by atoms with Gasteiger partial charge in [-0.05, 0) is 6.42 Å². The molecule has 0 radical (unpaired) electrons. The Hall–Kier alpha value is -0.573. The minimum Gasteiger partial charge on any atom is -0.337 e. The van der Waals surface area contributed by atoms with Gasteiger partial charge in [-0.3, -0.25) is 0 Å². The van der Waals surface area contributed by atoms with E-state index in [1.165, 1.54) is 12.8 Å². The second-order valence-electron chi connectivity index (χ2n) is 4.68. The lowest BCUT2D eigenvalue weighted by atomic mass is 10.3. The van der Waals surface area contributed by atoms with Crippen LogP contribution in [0.3, 0.4) is 0 Å². The van der Waals surface area contributed by atoms with Gasteiger partial charge in [-0.15, -0.1) is 0 Å². The molecule has 2 nitrogen and oxygen atoms in total. The maximum absolute atomic E-state index is 4.12. The molecule has 0 N–H and O–H groups in total. The smallest absolute Gasteiger partial charge is 0.0945 e. The highest BCUT2D eigenvalue weighted by molar-refractivity contribution is 6.76. The van der Waals surface area contributed by atoms with Gasteiger partial charge in [0.25, 0.3) is 0 Å². The Bertz CT molecular complexity index is 236. The molecule has 0 spiro atoms. The zero-order valence-corrected chi connectivity index (χ0v) is 10.1. The first-order valence-corrected chi connectivity index (χ1v) is 8.61. The second kappa shape index (κ2) is 4.09. The second-order valence-corrected chi connectivity index (χ2v) is 10.1. The third-order valence-electron chi connectivity index (χ3n) is 2.45. The van der Waals surface area contributed by atoms with Gasteiger partial charge in [0.05, 0.1) is 14.4 Å². The molecule has 0 saturated carbocycles. The molecule has 1 atom stereocenters. The SMILES string of the molecule is CCCC(n1ccnc1)[Si](C)(C)C. The molecular formula is C10H20N2Si. The Kier molecular flexibility index (Phi) is 3.31. The Morgan fingerprint density at radius 2 is 2.08 bits per heavy atom. The van der Waals surface area contributed by atoms with Crippen molar-refractivity contribution in [2.75, 3.05) is 0 Å². The van der Waals surface area contributed by atoms with Crippen molar-refractivity contribution in [1.82, 2.24) is 9.55 Å². The molecular weight excluding hydrogens is 176 g/mol. The van der Waals surface area contributed by atoms with Gasteiger partial charge in [0.1, 0.15) is 0 Å². The maximum atomic E-state index is 4.12. The van der Waals surface area contributed by atoms with Gasteiger partial charge in [0.15, 0.2) is 0 Å². The van der Waals surface area contributed by atoms with E-state index in [2.05, 4.69) is 42.3 Å². The molecule has 0 bridgehead atoms. The van der Waals surface area contributed by atoms with Crippen molar-refractivity contribution in [3.63, 3.8) is 0 Å². The number of aromatic nitrogens is 2. The summed E-state index contributed by atoms with van der Waals surface area (Å²) in [7, 11) is -1.09. The first-order chi connectivity index (χ1) is 6.05. The minimum atomic E-state index is -1.09.